The molecule has 0 spiro atoms. The average Bonchev–Trinajstić information content (AvgIpc) is 3.64. The lowest BCUT2D eigenvalue weighted by Crippen LogP contribution is -2.14. The van der Waals surface area contributed by atoms with Crippen LogP contribution in [-0.4, -0.2) is 9.36 Å². The van der Waals surface area contributed by atoms with Crippen LogP contribution in [0.15, 0.2) is 140 Å². The molecule has 0 saturated heterocycles. The van der Waals surface area contributed by atoms with Crippen LogP contribution in [0.4, 0.5) is 17.1 Å². The number of hydrogen-bond donors (Lipinski definition) is 0. The highest BCUT2D eigenvalue weighted by Gasteiger charge is 2.35. The molecule has 1 aliphatic rings. The lowest BCUT2D eigenvalue weighted by Gasteiger charge is -2.27. The smallest absolute Gasteiger partial charge is 0.173 e. The zero-order valence-electron chi connectivity index (χ0n) is 24.0. The number of para-hydroxylation sites is 1. The minimum Gasteiger partial charge on any atom is -0.310 e. The first-order chi connectivity index (χ1) is 21.1. The lowest BCUT2D eigenvalue weighted by atomic mass is 9.82. The molecule has 0 atom stereocenters. The van der Waals surface area contributed by atoms with Gasteiger partial charge in [0.05, 0.1) is 5.69 Å². The molecule has 43 heavy (non-hydrogen) atoms. The normalized spacial score (nSPS) is 13.1. The highest BCUT2D eigenvalue weighted by atomic mass is 32.1. The molecule has 8 rings (SSSR count). The zero-order valence-corrected chi connectivity index (χ0v) is 24.8. The van der Waals surface area contributed by atoms with Crippen molar-refractivity contribution in [3.05, 3.63) is 151 Å². The number of nitrogens with zero attached hydrogens (tertiary/aromatic N) is 3. The quantitative estimate of drug-likeness (QED) is 0.206. The van der Waals surface area contributed by atoms with Gasteiger partial charge in [-0.15, -0.1) is 0 Å². The molecule has 0 fully saturated rings. The van der Waals surface area contributed by atoms with Gasteiger partial charge in [0.1, 0.15) is 5.01 Å². The monoisotopic (exact) mass is 571 g/mol. The van der Waals surface area contributed by atoms with E-state index in [4.69, 9.17) is 9.36 Å². The first-order valence-corrected chi connectivity index (χ1v) is 15.4. The molecule has 7 aromatic rings. The fourth-order valence-electron chi connectivity index (χ4n) is 6.48. The third-order valence-electron chi connectivity index (χ3n) is 8.66. The van der Waals surface area contributed by atoms with Gasteiger partial charge >= 0.3 is 0 Å². The molecule has 0 radical (unpaired) electrons. The molecular formula is C39H29N3S. The van der Waals surface area contributed by atoms with Gasteiger partial charge in [0.25, 0.3) is 0 Å². The van der Waals surface area contributed by atoms with E-state index < -0.39 is 0 Å². The van der Waals surface area contributed by atoms with Gasteiger partial charge < -0.3 is 4.90 Å². The Kier molecular flexibility index (Phi) is 5.99. The molecule has 0 bridgehead atoms. The Bertz CT molecular complexity index is 2100. The van der Waals surface area contributed by atoms with E-state index >= 15 is 0 Å². The van der Waals surface area contributed by atoms with Crippen LogP contribution in [0.25, 0.3) is 43.9 Å². The average molecular weight is 572 g/mol. The number of fused-ring (bicyclic) bond motifs is 4. The molecule has 0 N–H and O–H groups in total. The second kappa shape index (κ2) is 10.0. The Morgan fingerprint density at radius 2 is 1.26 bits per heavy atom. The lowest BCUT2D eigenvalue weighted by molar-refractivity contribution is 0.660. The molecule has 0 aliphatic heterocycles. The minimum absolute atomic E-state index is 0.00182. The second-order valence-corrected chi connectivity index (χ2v) is 12.3. The van der Waals surface area contributed by atoms with Crippen molar-refractivity contribution in [2.75, 3.05) is 4.90 Å². The maximum Gasteiger partial charge on any atom is 0.173 e. The number of aromatic nitrogens is 2. The van der Waals surface area contributed by atoms with E-state index in [1.54, 1.807) is 0 Å². The molecule has 0 saturated carbocycles. The van der Waals surface area contributed by atoms with Crippen molar-refractivity contribution < 1.29 is 0 Å². The molecule has 1 aromatic heterocycles. The van der Waals surface area contributed by atoms with Crippen molar-refractivity contribution in [3.63, 3.8) is 0 Å². The number of anilines is 3. The van der Waals surface area contributed by atoms with Gasteiger partial charge in [-0.3, -0.25) is 0 Å². The Morgan fingerprint density at radius 1 is 0.581 bits per heavy atom. The van der Waals surface area contributed by atoms with Crippen molar-refractivity contribution in [3.8, 4) is 33.1 Å². The Labute approximate surface area is 255 Å². The molecule has 0 amide bonds. The maximum atomic E-state index is 4.99. The number of benzene rings is 6. The Morgan fingerprint density at radius 3 is 2.12 bits per heavy atom. The van der Waals surface area contributed by atoms with Crippen molar-refractivity contribution in [1.29, 1.82) is 0 Å². The molecule has 1 heterocycles. The third-order valence-corrected chi connectivity index (χ3v) is 9.43. The highest BCUT2D eigenvalue weighted by molar-refractivity contribution is 7.09. The summed E-state index contributed by atoms with van der Waals surface area (Å²) in [5.41, 5.74) is 10.8. The predicted octanol–water partition coefficient (Wildman–Crippen LogP) is 10.8. The summed E-state index contributed by atoms with van der Waals surface area (Å²) in [6.07, 6.45) is 0. The SMILES string of the molecule is CC1(C)c2ccccc2-c2cc(-c3nc(-c4ccc(N(c5ccccc5)c5cccc6ccccc56)cc4)ns3)ccc21. The van der Waals surface area contributed by atoms with Crippen LogP contribution in [0.2, 0.25) is 0 Å². The van der Waals surface area contributed by atoms with E-state index in [1.165, 1.54) is 44.6 Å². The fraction of sp³-hybridized carbons (Fsp3) is 0.0769. The summed E-state index contributed by atoms with van der Waals surface area (Å²) in [6, 6.07) is 49.6. The zero-order chi connectivity index (χ0) is 29.0. The van der Waals surface area contributed by atoms with Gasteiger partial charge in [-0.05, 0) is 87.7 Å². The van der Waals surface area contributed by atoms with E-state index in [1.807, 2.05) is 0 Å². The van der Waals surface area contributed by atoms with Gasteiger partial charge in [-0.1, -0.05) is 105 Å². The van der Waals surface area contributed by atoms with Gasteiger partial charge in [0.2, 0.25) is 0 Å². The third kappa shape index (κ3) is 4.26. The second-order valence-electron chi connectivity index (χ2n) is 11.6. The molecule has 0 unspecified atom stereocenters. The molecule has 206 valence electrons. The Balaban J connectivity index is 1.14. The summed E-state index contributed by atoms with van der Waals surface area (Å²) in [5.74, 6) is 0.754. The van der Waals surface area contributed by atoms with E-state index in [9.17, 15) is 0 Å². The van der Waals surface area contributed by atoms with Crippen molar-refractivity contribution in [2.45, 2.75) is 19.3 Å². The van der Waals surface area contributed by atoms with Gasteiger partial charge in [0, 0.05) is 33.3 Å². The fourth-order valence-corrected chi connectivity index (χ4v) is 7.16. The van der Waals surface area contributed by atoms with Crippen LogP contribution in [-0.2, 0) is 5.41 Å². The van der Waals surface area contributed by atoms with Crippen LogP contribution < -0.4 is 4.90 Å². The molecule has 1 aliphatic carbocycles. The van der Waals surface area contributed by atoms with Crippen LogP contribution in [0.1, 0.15) is 25.0 Å². The summed E-state index contributed by atoms with van der Waals surface area (Å²) in [4.78, 5) is 7.31. The minimum atomic E-state index is -0.00182. The van der Waals surface area contributed by atoms with Gasteiger partial charge in [-0.25, -0.2) is 4.98 Å². The Hall–Kier alpha value is -5.06. The number of rotatable bonds is 5. The standard InChI is InChI=1S/C39H29N3S/c1-39(2)34-17-9-8-16-32(34)33-25-28(21-24-35(33)39)38-40-37(41-43-38)27-19-22-30(23-20-27)42(29-13-4-3-5-14-29)36-18-10-12-26-11-6-7-15-31(26)36/h3-25H,1-2H3. The van der Waals surface area contributed by atoms with E-state index in [0.717, 1.165) is 39.0 Å². The van der Waals surface area contributed by atoms with Crippen molar-refractivity contribution >= 4 is 39.4 Å². The van der Waals surface area contributed by atoms with E-state index in [-0.39, 0.29) is 5.41 Å². The maximum absolute atomic E-state index is 4.99. The van der Waals surface area contributed by atoms with Crippen molar-refractivity contribution in [2.24, 2.45) is 0 Å². The summed E-state index contributed by atoms with van der Waals surface area (Å²) >= 11 is 1.46. The van der Waals surface area contributed by atoms with E-state index in [0.29, 0.717) is 0 Å². The summed E-state index contributed by atoms with van der Waals surface area (Å²) in [5, 5.41) is 3.37. The largest absolute Gasteiger partial charge is 0.310 e. The summed E-state index contributed by atoms with van der Waals surface area (Å²) in [7, 11) is 0. The summed E-state index contributed by atoms with van der Waals surface area (Å²) in [6.45, 7) is 4.62. The van der Waals surface area contributed by atoms with Crippen LogP contribution in [0.5, 0.6) is 0 Å². The predicted molar refractivity (Wildman–Crippen MR) is 181 cm³/mol. The topological polar surface area (TPSA) is 29.0 Å². The molecule has 6 aromatic carbocycles. The van der Waals surface area contributed by atoms with Gasteiger partial charge in [-0.2, -0.15) is 4.37 Å². The first kappa shape index (κ1) is 25.6. The first-order valence-electron chi connectivity index (χ1n) is 14.6. The number of hydrogen-bond acceptors (Lipinski definition) is 4. The highest BCUT2D eigenvalue weighted by Crippen LogP contribution is 2.49. The summed E-state index contributed by atoms with van der Waals surface area (Å²) < 4.78 is 4.78. The molecule has 4 heteroatoms. The van der Waals surface area contributed by atoms with Gasteiger partial charge in [0.15, 0.2) is 5.82 Å². The van der Waals surface area contributed by atoms with Crippen LogP contribution in [0.3, 0.4) is 0 Å². The van der Waals surface area contributed by atoms with E-state index in [2.05, 4.69) is 158 Å². The molecular weight excluding hydrogens is 543 g/mol. The molecule has 3 nitrogen and oxygen atoms in total. The van der Waals surface area contributed by atoms with Crippen molar-refractivity contribution in [1.82, 2.24) is 9.36 Å². The van der Waals surface area contributed by atoms with Crippen LogP contribution >= 0.6 is 11.5 Å². The van der Waals surface area contributed by atoms with Crippen LogP contribution in [0, 0.1) is 0 Å².